The standard InChI is InChI=1S/C18H18N2O2S/c1-13-12-17(20-18(19-13)16-4-3-11-23-16)22-15-7-5-14(6-8-15)9-10-21-2/h3-8,11-12H,9-10H2,1-2H3. The molecule has 2 heterocycles. The molecule has 0 amide bonds. The molecule has 0 aliphatic carbocycles. The van der Waals surface area contributed by atoms with Gasteiger partial charge in [0, 0.05) is 18.9 Å². The van der Waals surface area contributed by atoms with Gasteiger partial charge in [0.2, 0.25) is 5.88 Å². The van der Waals surface area contributed by atoms with Gasteiger partial charge in [-0.2, -0.15) is 4.98 Å². The summed E-state index contributed by atoms with van der Waals surface area (Å²) in [6, 6.07) is 13.8. The van der Waals surface area contributed by atoms with Crippen LogP contribution in [0.5, 0.6) is 11.6 Å². The molecule has 0 bridgehead atoms. The van der Waals surface area contributed by atoms with Gasteiger partial charge in [0.15, 0.2) is 5.82 Å². The number of nitrogens with zero attached hydrogens (tertiary/aromatic N) is 2. The zero-order valence-corrected chi connectivity index (χ0v) is 14.0. The lowest BCUT2D eigenvalue weighted by Crippen LogP contribution is -1.96. The van der Waals surface area contributed by atoms with E-state index in [-0.39, 0.29) is 0 Å². The summed E-state index contributed by atoms with van der Waals surface area (Å²) in [5, 5.41) is 2.01. The van der Waals surface area contributed by atoms with Crippen LogP contribution in [0.15, 0.2) is 47.8 Å². The first-order valence-corrected chi connectivity index (χ1v) is 8.28. The zero-order valence-electron chi connectivity index (χ0n) is 13.2. The Labute approximate surface area is 139 Å². The molecule has 118 valence electrons. The summed E-state index contributed by atoms with van der Waals surface area (Å²) in [6.07, 6.45) is 0.895. The van der Waals surface area contributed by atoms with E-state index in [0.717, 1.165) is 29.3 Å². The van der Waals surface area contributed by atoms with Crippen molar-refractivity contribution in [2.75, 3.05) is 13.7 Å². The van der Waals surface area contributed by atoms with E-state index in [1.54, 1.807) is 18.4 Å². The molecule has 2 aromatic heterocycles. The molecule has 1 aromatic carbocycles. The number of aryl methyl sites for hydroxylation is 1. The lowest BCUT2D eigenvalue weighted by molar-refractivity contribution is 0.202. The minimum atomic E-state index is 0.561. The molecule has 4 nitrogen and oxygen atoms in total. The molecule has 0 aliphatic rings. The molecule has 0 N–H and O–H groups in total. The fraction of sp³-hybridized carbons (Fsp3) is 0.222. The summed E-state index contributed by atoms with van der Waals surface area (Å²) >= 11 is 1.62. The first-order chi connectivity index (χ1) is 11.2. The van der Waals surface area contributed by atoms with Crippen molar-refractivity contribution in [1.82, 2.24) is 9.97 Å². The van der Waals surface area contributed by atoms with E-state index >= 15 is 0 Å². The van der Waals surface area contributed by atoms with Crippen LogP contribution in [-0.2, 0) is 11.2 Å². The quantitative estimate of drug-likeness (QED) is 0.669. The number of thiophene rings is 1. The molecule has 0 saturated heterocycles. The van der Waals surface area contributed by atoms with E-state index in [0.29, 0.717) is 11.7 Å². The summed E-state index contributed by atoms with van der Waals surface area (Å²) in [5.74, 6) is 2.03. The fourth-order valence-electron chi connectivity index (χ4n) is 2.17. The van der Waals surface area contributed by atoms with Gasteiger partial charge in [0.05, 0.1) is 11.5 Å². The van der Waals surface area contributed by atoms with Crippen LogP contribution in [0.4, 0.5) is 0 Å². The van der Waals surface area contributed by atoms with Gasteiger partial charge in [0.25, 0.3) is 0 Å². The second kappa shape index (κ2) is 7.35. The molecule has 0 fully saturated rings. The third kappa shape index (κ3) is 4.15. The van der Waals surface area contributed by atoms with Gasteiger partial charge in [-0.05, 0) is 42.5 Å². The normalized spacial score (nSPS) is 10.7. The highest BCUT2D eigenvalue weighted by Gasteiger charge is 2.07. The number of ether oxygens (including phenoxy) is 2. The lowest BCUT2D eigenvalue weighted by Gasteiger charge is -2.08. The molecule has 0 atom stereocenters. The number of aromatic nitrogens is 2. The zero-order chi connectivity index (χ0) is 16.1. The Balaban J connectivity index is 1.77. The van der Waals surface area contributed by atoms with Crippen molar-refractivity contribution in [2.24, 2.45) is 0 Å². The van der Waals surface area contributed by atoms with Crippen molar-refractivity contribution in [3.63, 3.8) is 0 Å². The number of hydrogen-bond acceptors (Lipinski definition) is 5. The first-order valence-electron chi connectivity index (χ1n) is 7.40. The number of hydrogen-bond donors (Lipinski definition) is 0. The molecular formula is C18H18N2O2S. The van der Waals surface area contributed by atoms with Crippen LogP contribution in [-0.4, -0.2) is 23.7 Å². The number of benzene rings is 1. The summed E-state index contributed by atoms with van der Waals surface area (Å²) in [7, 11) is 1.71. The van der Waals surface area contributed by atoms with Crippen molar-refractivity contribution in [1.29, 1.82) is 0 Å². The van der Waals surface area contributed by atoms with Crippen molar-refractivity contribution < 1.29 is 9.47 Å². The predicted molar refractivity (Wildman–Crippen MR) is 92.2 cm³/mol. The Kier molecular flexibility index (Phi) is 5.00. The molecule has 5 heteroatoms. The van der Waals surface area contributed by atoms with Gasteiger partial charge in [-0.3, -0.25) is 0 Å². The van der Waals surface area contributed by atoms with Crippen molar-refractivity contribution in [2.45, 2.75) is 13.3 Å². The minimum absolute atomic E-state index is 0.561. The third-order valence-electron chi connectivity index (χ3n) is 3.31. The Morgan fingerprint density at radius 1 is 1.09 bits per heavy atom. The molecule has 0 spiro atoms. The van der Waals surface area contributed by atoms with Crippen LogP contribution in [0.1, 0.15) is 11.3 Å². The van der Waals surface area contributed by atoms with Crippen LogP contribution in [0, 0.1) is 6.92 Å². The fourth-order valence-corrected chi connectivity index (χ4v) is 2.83. The Morgan fingerprint density at radius 2 is 1.91 bits per heavy atom. The smallest absolute Gasteiger partial charge is 0.223 e. The number of rotatable bonds is 6. The van der Waals surface area contributed by atoms with Gasteiger partial charge in [-0.15, -0.1) is 11.3 Å². The largest absolute Gasteiger partial charge is 0.439 e. The van der Waals surface area contributed by atoms with Crippen LogP contribution < -0.4 is 4.74 Å². The van der Waals surface area contributed by atoms with Crippen LogP contribution in [0.2, 0.25) is 0 Å². The summed E-state index contributed by atoms with van der Waals surface area (Å²) in [6.45, 7) is 2.66. The lowest BCUT2D eigenvalue weighted by atomic mass is 10.1. The van der Waals surface area contributed by atoms with E-state index in [4.69, 9.17) is 9.47 Å². The first kappa shape index (κ1) is 15.6. The van der Waals surface area contributed by atoms with E-state index in [2.05, 4.69) is 9.97 Å². The predicted octanol–water partition coefficient (Wildman–Crippen LogP) is 4.49. The molecular weight excluding hydrogens is 308 g/mol. The highest BCUT2D eigenvalue weighted by molar-refractivity contribution is 7.13. The minimum Gasteiger partial charge on any atom is -0.439 e. The highest BCUT2D eigenvalue weighted by Crippen LogP contribution is 2.26. The SMILES string of the molecule is COCCc1ccc(Oc2cc(C)nc(-c3cccs3)n2)cc1. The van der Waals surface area contributed by atoms with Crippen molar-refractivity contribution in [3.8, 4) is 22.3 Å². The molecule has 3 rings (SSSR count). The van der Waals surface area contributed by atoms with Crippen LogP contribution >= 0.6 is 11.3 Å². The molecule has 0 unspecified atom stereocenters. The Hall–Kier alpha value is -2.24. The average molecular weight is 326 g/mol. The highest BCUT2D eigenvalue weighted by atomic mass is 32.1. The van der Waals surface area contributed by atoms with Crippen LogP contribution in [0.3, 0.4) is 0 Å². The Bertz CT molecular complexity index is 755. The van der Waals surface area contributed by atoms with Gasteiger partial charge >= 0.3 is 0 Å². The van der Waals surface area contributed by atoms with E-state index in [1.165, 1.54) is 5.56 Å². The van der Waals surface area contributed by atoms with Crippen LogP contribution in [0.25, 0.3) is 10.7 Å². The summed E-state index contributed by atoms with van der Waals surface area (Å²) in [5.41, 5.74) is 2.10. The second-order valence-corrected chi connectivity index (χ2v) is 6.08. The average Bonchev–Trinajstić information content (AvgIpc) is 3.08. The van der Waals surface area contributed by atoms with E-state index < -0.39 is 0 Å². The third-order valence-corrected chi connectivity index (χ3v) is 4.18. The molecule has 23 heavy (non-hydrogen) atoms. The van der Waals surface area contributed by atoms with E-state index in [1.807, 2.05) is 54.8 Å². The van der Waals surface area contributed by atoms with Gasteiger partial charge in [-0.25, -0.2) is 4.98 Å². The molecule has 0 aliphatic heterocycles. The number of methoxy groups -OCH3 is 1. The topological polar surface area (TPSA) is 44.2 Å². The summed E-state index contributed by atoms with van der Waals surface area (Å²) in [4.78, 5) is 10.0. The maximum atomic E-state index is 5.88. The molecule has 0 saturated carbocycles. The Morgan fingerprint density at radius 3 is 2.61 bits per heavy atom. The maximum absolute atomic E-state index is 5.88. The summed E-state index contributed by atoms with van der Waals surface area (Å²) < 4.78 is 11.0. The maximum Gasteiger partial charge on any atom is 0.223 e. The van der Waals surface area contributed by atoms with Gasteiger partial charge < -0.3 is 9.47 Å². The van der Waals surface area contributed by atoms with Gasteiger partial charge in [0.1, 0.15) is 5.75 Å². The second-order valence-electron chi connectivity index (χ2n) is 5.14. The van der Waals surface area contributed by atoms with Gasteiger partial charge in [-0.1, -0.05) is 18.2 Å². The van der Waals surface area contributed by atoms with E-state index in [9.17, 15) is 0 Å². The van der Waals surface area contributed by atoms with Crippen molar-refractivity contribution in [3.05, 3.63) is 59.1 Å². The molecule has 3 aromatic rings. The molecule has 0 radical (unpaired) electrons. The monoisotopic (exact) mass is 326 g/mol. The van der Waals surface area contributed by atoms with Crippen molar-refractivity contribution >= 4 is 11.3 Å².